The van der Waals surface area contributed by atoms with Crippen molar-refractivity contribution in [3.8, 4) is 17.1 Å². The predicted molar refractivity (Wildman–Crippen MR) is 134 cm³/mol. The van der Waals surface area contributed by atoms with E-state index in [1.807, 2.05) is 6.92 Å². The lowest BCUT2D eigenvalue weighted by Crippen LogP contribution is -2.20. The number of nitrogens with one attached hydrogen (secondary N) is 1. The fraction of sp³-hybridized carbons (Fsp3) is 0.385. The van der Waals surface area contributed by atoms with Gasteiger partial charge in [0.15, 0.2) is 0 Å². The normalized spacial score (nSPS) is 12.7. The van der Waals surface area contributed by atoms with Crippen LogP contribution in [0.2, 0.25) is 0 Å². The molecule has 0 saturated carbocycles. The summed E-state index contributed by atoms with van der Waals surface area (Å²) in [6.07, 6.45) is -0.834. The second-order valence-electron chi connectivity index (χ2n) is 9.60. The molecule has 1 atom stereocenters. The lowest BCUT2D eigenvalue weighted by Gasteiger charge is -2.16. The molecule has 10 nitrogen and oxygen atoms in total. The van der Waals surface area contributed by atoms with E-state index in [1.165, 1.54) is 6.20 Å². The summed E-state index contributed by atoms with van der Waals surface area (Å²) in [4.78, 5) is 21.5. The summed E-state index contributed by atoms with van der Waals surface area (Å²) in [5, 5.41) is 25.8. The summed E-state index contributed by atoms with van der Waals surface area (Å²) in [6, 6.07) is 8.57. The largest absolute Gasteiger partial charge is 0.493 e. The number of imidazole rings is 1. The van der Waals surface area contributed by atoms with Crippen LogP contribution in [-0.2, 0) is 6.42 Å². The maximum atomic E-state index is 13.1. The van der Waals surface area contributed by atoms with Crippen molar-refractivity contribution in [2.45, 2.75) is 58.2 Å². The molecule has 1 amide bonds. The van der Waals surface area contributed by atoms with Gasteiger partial charge in [0.25, 0.3) is 12.3 Å². The van der Waals surface area contributed by atoms with Crippen molar-refractivity contribution in [3.05, 3.63) is 59.9 Å². The molecule has 0 bridgehead atoms. The Kier molecular flexibility index (Phi) is 8.02. The molecule has 0 saturated heterocycles. The minimum atomic E-state index is -2.92. The molecule has 1 unspecified atom stereocenters. The first kappa shape index (κ1) is 27.1. The summed E-state index contributed by atoms with van der Waals surface area (Å²) in [5.41, 5.74) is 1.86. The quantitative estimate of drug-likeness (QED) is 0.248. The molecule has 0 aliphatic heterocycles. The second-order valence-corrected chi connectivity index (χ2v) is 9.60. The van der Waals surface area contributed by atoms with Gasteiger partial charge in [-0.25, -0.2) is 13.8 Å². The van der Waals surface area contributed by atoms with E-state index in [-0.39, 0.29) is 11.7 Å². The first-order valence-corrected chi connectivity index (χ1v) is 12.0. The zero-order valence-corrected chi connectivity index (χ0v) is 21.2. The van der Waals surface area contributed by atoms with Crippen molar-refractivity contribution in [2.75, 3.05) is 11.9 Å². The van der Waals surface area contributed by atoms with Crippen LogP contribution in [0.1, 0.15) is 48.6 Å². The highest BCUT2D eigenvalue weighted by molar-refractivity contribution is 6.04. The number of amides is 1. The zero-order valence-electron chi connectivity index (χ0n) is 21.2. The van der Waals surface area contributed by atoms with Crippen molar-refractivity contribution in [1.82, 2.24) is 19.5 Å². The van der Waals surface area contributed by atoms with Crippen LogP contribution >= 0.6 is 0 Å². The van der Waals surface area contributed by atoms with Gasteiger partial charge in [0.1, 0.15) is 23.2 Å². The van der Waals surface area contributed by atoms with Gasteiger partial charge >= 0.3 is 0 Å². The molecule has 4 rings (SSSR count). The molecule has 0 aliphatic rings. The van der Waals surface area contributed by atoms with Gasteiger partial charge in [-0.15, -0.1) is 0 Å². The Morgan fingerprint density at radius 2 is 2.05 bits per heavy atom. The topological polar surface area (TPSA) is 135 Å². The number of aliphatic hydroxyl groups is 2. The van der Waals surface area contributed by atoms with E-state index in [4.69, 9.17) is 9.26 Å². The van der Waals surface area contributed by atoms with Crippen LogP contribution in [0.15, 0.2) is 47.2 Å². The number of rotatable bonds is 11. The minimum absolute atomic E-state index is 0.120. The van der Waals surface area contributed by atoms with E-state index >= 15 is 0 Å². The summed E-state index contributed by atoms with van der Waals surface area (Å²) < 4.78 is 37.6. The second kappa shape index (κ2) is 11.2. The Labute approximate surface area is 217 Å². The lowest BCUT2D eigenvalue weighted by molar-refractivity contribution is -0.00754. The molecule has 1 aromatic carbocycles. The zero-order chi connectivity index (χ0) is 27.4. The number of hydrogen-bond donors (Lipinski definition) is 3. The number of aryl methyl sites for hydroxylation is 1. The van der Waals surface area contributed by atoms with Gasteiger partial charge in [0, 0.05) is 23.5 Å². The number of hydrogen-bond acceptors (Lipinski definition) is 8. The van der Waals surface area contributed by atoms with Gasteiger partial charge in [-0.1, -0.05) is 17.3 Å². The number of anilines is 1. The number of aliphatic hydroxyl groups excluding tert-OH is 1. The van der Waals surface area contributed by atoms with Crippen LogP contribution in [0.25, 0.3) is 17.0 Å². The smallest absolute Gasteiger partial charge is 0.274 e. The van der Waals surface area contributed by atoms with Crippen LogP contribution in [0.5, 0.6) is 5.75 Å². The van der Waals surface area contributed by atoms with Crippen LogP contribution in [0, 0.1) is 6.92 Å². The molecular weight excluding hydrogens is 500 g/mol. The van der Waals surface area contributed by atoms with E-state index in [0.717, 1.165) is 5.56 Å². The van der Waals surface area contributed by atoms with Crippen LogP contribution < -0.4 is 10.1 Å². The number of benzene rings is 1. The first-order chi connectivity index (χ1) is 18.0. The predicted octanol–water partition coefficient (Wildman–Crippen LogP) is 4.04. The number of carbonyl (C=O) groups is 1. The Morgan fingerprint density at radius 3 is 2.79 bits per heavy atom. The highest BCUT2D eigenvalue weighted by Crippen LogP contribution is 2.25. The third-order valence-corrected chi connectivity index (χ3v) is 5.81. The molecule has 0 spiro atoms. The third-order valence-electron chi connectivity index (χ3n) is 5.81. The van der Waals surface area contributed by atoms with Gasteiger partial charge < -0.3 is 24.8 Å². The van der Waals surface area contributed by atoms with E-state index in [2.05, 4.69) is 20.4 Å². The minimum Gasteiger partial charge on any atom is -0.493 e. The number of ether oxygens (including phenoxy) is 1. The molecular formula is C26H29F2N5O5. The maximum Gasteiger partial charge on any atom is 0.274 e. The maximum absolute atomic E-state index is 13.1. The molecule has 0 aliphatic carbocycles. The van der Waals surface area contributed by atoms with Crippen molar-refractivity contribution in [2.24, 2.45) is 0 Å². The number of fused-ring (bicyclic) bond motifs is 1. The molecule has 3 N–H and O–H groups in total. The summed E-state index contributed by atoms with van der Waals surface area (Å²) in [5.74, 6) is 0.229. The van der Waals surface area contributed by atoms with Crippen LogP contribution in [0.4, 0.5) is 14.5 Å². The van der Waals surface area contributed by atoms with E-state index < -0.39 is 30.5 Å². The van der Waals surface area contributed by atoms with Crippen LogP contribution in [0.3, 0.4) is 0 Å². The molecule has 3 heterocycles. The third kappa shape index (κ3) is 6.69. The van der Waals surface area contributed by atoms with Crippen molar-refractivity contribution in [3.63, 3.8) is 0 Å². The van der Waals surface area contributed by atoms with Gasteiger partial charge in [-0.3, -0.25) is 9.20 Å². The monoisotopic (exact) mass is 529 g/mol. The van der Waals surface area contributed by atoms with Crippen molar-refractivity contribution < 1.29 is 33.0 Å². The Bertz CT molecular complexity index is 1410. The van der Waals surface area contributed by atoms with Crippen LogP contribution in [-0.4, -0.2) is 60.4 Å². The molecule has 38 heavy (non-hydrogen) atoms. The molecule has 12 heteroatoms. The number of halogens is 2. The SMILES string of the molecule is Cc1ccc(-c2noc(CC(O)C(F)F)n2)cc1NC(=O)c1cnc2cc(OCCCC(C)(C)O)ccn12. The fourth-order valence-electron chi connectivity index (χ4n) is 3.72. The average molecular weight is 530 g/mol. The summed E-state index contributed by atoms with van der Waals surface area (Å²) >= 11 is 0. The molecule has 0 radical (unpaired) electrons. The number of carbonyl (C=O) groups excluding carboxylic acids is 1. The molecule has 202 valence electrons. The van der Waals surface area contributed by atoms with Gasteiger partial charge in [-0.2, -0.15) is 4.98 Å². The van der Waals surface area contributed by atoms with Crippen molar-refractivity contribution >= 4 is 17.2 Å². The van der Waals surface area contributed by atoms with Gasteiger partial charge in [-0.05, 0) is 51.3 Å². The molecule has 3 aromatic heterocycles. The van der Waals surface area contributed by atoms with E-state index in [0.29, 0.717) is 47.8 Å². The highest BCUT2D eigenvalue weighted by atomic mass is 19.3. The first-order valence-electron chi connectivity index (χ1n) is 12.0. The summed E-state index contributed by atoms with van der Waals surface area (Å²) in [7, 11) is 0. The Hall–Kier alpha value is -3.90. The van der Waals surface area contributed by atoms with Crippen molar-refractivity contribution in [1.29, 1.82) is 0 Å². The molecule has 4 aromatic rings. The number of alkyl halides is 2. The average Bonchev–Trinajstić information content (AvgIpc) is 3.49. The Balaban J connectivity index is 1.45. The van der Waals surface area contributed by atoms with E-state index in [1.54, 1.807) is 54.8 Å². The fourth-order valence-corrected chi connectivity index (χ4v) is 3.72. The number of nitrogens with zero attached hydrogens (tertiary/aromatic N) is 4. The summed E-state index contributed by atoms with van der Waals surface area (Å²) in [6.45, 7) is 5.76. The number of aromatic nitrogens is 4. The standard InChI is InChI=1S/C26H29F2N5O5/c1-15-5-6-16(24-31-22(38-32-24)13-20(34)23(27)28)11-18(15)30-25(35)19-14-29-21-12-17(7-9-33(19)21)37-10-4-8-26(2,3)36/h5-7,9,11-12,14,20,23,34,36H,4,8,10,13H2,1-3H3,(H,30,35). The Morgan fingerprint density at radius 1 is 1.26 bits per heavy atom. The lowest BCUT2D eigenvalue weighted by atomic mass is 10.0. The van der Waals surface area contributed by atoms with E-state index in [9.17, 15) is 23.8 Å². The van der Waals surface area contributed by atoms with Gasteiger partial charge in [0.05, 0.1) is 24.8 Å². The van der Waals surface area contributed by atoms with Gasteiger partial charge in [0.2, 0.25) is 11.7 Å². The number of pyridine rings is 1. The highest BCUT2D eigenvalue weighted by Gasteiger charge is 2.21. The molecule has 0 fully saturated rings.